The molecule has 0 spiro atoms. The predicted octanol–water partition coefficient (Wildman–Crippen LogP) is 2.59. The molecule has 4 nitrogen and oxygen atoms in total. The summed E-state index contributed by atoms with van der Waals surface area (Å²) in [7, 11) is 1.65. The minimum absolute atomic E-state index is 0.162. The molecule has 0 saturated heterocycles. The Kier molecular flexibility index (Phi) is 3.48. The van der Waals surface area contributed by atoms with Gasteiger partial charge < -0.3 is 5.73 Å². The summed E-state index contributed by atoms with van der Waals surface area (Å²) < 4.78 is 0. The lowest BCUT2D eigenvalue weighted by Gasteiger charge is -2.16. The fraction of sp³-hybridized carbons (Fsp3) is 0.0769. The first-order valence-corrected chi connectivity index (χ1v) is 5.71. The molecule has 2 N–H and O–H groups in total. The van der Waals surface area contributed by atoms with E-state index in [1.54, 1.807) is 49.6 Å². The average Bonchev–Trinajstić information content (AvgIpc) is 2.38. The molecule has 0 unspecified atom stereocenters. The number of amides is 1. The quantitative estimate of drug-likeness (QED) is 0.904. The lowest BCUT2D eigenvalue weighted by molar-refractivity contribution is 0.0992. The van der Waals surface area contributed by atoms with Crippen molar-refractivity contribution in [3.8, 4) is 0 Å². The zero-order chi connectivity index (χ0) is 13.1. The van der Waals surface area contributed by atoms with Crippen LogP contribution in [0.3, 0.4) is 0 Å². The summed E-state index contributed by atoms with van der Waals surface area (Å²) in [4.78, 5) is 17.7. The summed E-state index contributed by atoms with van der Waals surface area (Å²) in [5.74, 6) is 0.347. The van der Waals surface area contributed by atoms with Crippen molar-refractivity contribution in [3.05, 3.63) is 53.2 Å². The van der Waals surface area contributed by atoms with Gasteiger partial charge in [-0.3, -0.25) is 9.69 Å². The Morgan fingerprint density at radius 1 is 1.28 bits per heavy atom. The molecule has 0 aliphatic heterocycles. The number of aromatic nitrogens is 1. The lowest BCUT2D eigenvalue weighted by atomic mass is 10.2. The minimum Gasteiger partial charge on any atom is -0.399 e. The van der Waals surface area contributed by atoms with Gasteiger partial charge in [-0.25, -0.2) is 4.98 Å². The normalized spacial score (nSPS) is 10.1. The summed E-state index contributed by atoms with van der Waals surface area (Å²) in [6.45, 7) is 0. The van der Waals surface area contributed by atoms with Gasteiger partial charge in [-0.05, 0) is 30.3 Å². The maximum absolute atomic E-state index is 12.2. The first-order valence-electron chi connectivity index (χ1n) is 5.33. The predicted molar refractivity (Wildman–Crippen MR) is 72.8 cm³/mol. The topological polar surface area (TPSA) is 59.2 Å². The second-order valence-corrected chi connectivity index (χ2v) is 4.25. The molecular weight excluding hydrogens is 250 g/mol. The van der Waals surface area contributed by atoms with Gasteiger partial charge in [-0.2, -0.15) is 0 Å². The van der Waals surface area contributed by atoms with Gasteiger partial charge in [0.25, 0.3) is 5.91 Å². The molecular formula is C13H12ClN3O. The number of hydrogen-bond donors (Lipinski definition) is 1. The number of rotatable bonds is 2. The van der Waals surface area contributed by atoms with Crippen LogP contribution in [0.15, 0.2) is 42.6 Å². The fourth-order valence-corrected chi connectivity index (χ4v) is 1.63. The van der Waals surface area contributed by atoms with Crippen LogP contribution >= 0.6 is 11.6 Å². The molecule has 1 amide bonds. The van der Waals surface area contributed by atoms with Crippen LogP contribution in [0.4, 0.5) is 11.5 Å². The molecule has 0 saturated carbocycles. The Morgan fingerprint density at radius 3 is 2.56 bits per heavy atom. The van der Waals surface area contributed by atoms with E-state index >= 15 is 0 Å². The molecule has 1 aromatic carbocycles. The van der Waals surface area contributed by atoms with Crippen LogP contribution in [0.25, 0.3) is 0 Å². The van der Waals surface area contributed by atoms with Crippen molar-refractivity contribution in [2.45, 2.75) is 0 Å². The van der Waals surface area contributed by atoms with E-state index in [9.17, 15) is 4.79 Å². The summed E-state index contributed by atoms with van der Waals surface area (Å²) in [5, 5.41) is 0.594. The third-order valence-electron chi connectivity index (χ3n) is 2.51. The molecule has 5 heteroatoms. The van der Waals surface area contributed by atoms with Crippen LogP contribution in [-0.4, -0.2) is 17.9 Å². The molecule has 0 fully saturated rings. The molecule has 92 valence electrons. The summed E-state index contributed by atoms with van der Waals surface area (Å²) in [6.07, 6.45) is 1.57. The van der Waals surface area contributed by atoms with Crippen LogP contribution in [0.2, 0.25) is 5.02 Å². The zero-order valence-corrected chi connectivity index (χ0v) is 10.6. The number of halogens is 1. The Labute approximate surface area is 110 Å². The molecule has 0 aliphatic carbocycles. The van der Waals surface area contributed by atoms with Crippen molar-refractivity contribution in [1.82, 2.24) is 4.98 Å². The van der Waals surface area contributed by atoms with Crippen LogP contribution in [0.5, 0.6) is 0 Å². The molecule has 0 aliphatic rings. The van der Waals surface area contributed by atoms with E-state index in [1.807, 2.05) is 0 Å². The first kappa shape index (κ1) is 12.4. The molecule has 0 radical (unpaired) electrons. The monoisotopic (exact) mass is 261 g/mol. The first-order chi connectivity index (χ1) is 8.58. The van der Waals surface area contributed by atoms with Gasteiger partial charge in [-0.15, -0.1) is 0 Å². The molecule has 1 heterocycles. The van der Waals surface area contributed by atoms with Crippen molar-refractivity contribution in [2.75, 3.05) is 17.7 Å². The summed E-state index contributed by atoms with van der Waals surface area (Å²) >= 11 is 5.78. The number of hydrogen-bond acceptors (Lipinski definition) is 3. The second-order valence-electron chi connectivity index (χ2n) is 3.82. The highest BCUT2D eigenvalue weighted by Crippen LogP contribution is 2.16. The number of carbonyl (C=O) groups excluding carboxylic acids is 1. The van der Waals surface area contributed by atoms with Gasteiger partial charge in [0.05, 0.1) is 0 Å². The van der Waals surface area contributed by atoms with Gasteiger partial charge in [0, 0.05) is 35.6 Å². The second kappa shape index (κ2) is 5.06. The van der Waals surface area contributed by atoms with Gasteiger partial charge >= 0.3 is 0 Å². The number of nitrogens with two attached hydrogens (primary N) is 1. The zero-order valence-electron chi connectivity index (χ0n) is 9.80. The van der Waals surface area contributed by atoms with Crippen molar-refractivity contribution < 1.29 is 4.79 Å². The van der Waals surface area contributed by atoms with Crippen LogP contribution in [0.1, 0.15) is 10.4 Å². The number of anilines is 2. The Hall–Kier alpha value is -2.07. The van der Waals surface area contributed by atoms with Crippen LogP contribution < -0.4 is 10.6 Å². The van der Waals surface area contributed by atoms with Crippen molar-refractivity contribution in [3.63, 3.8) is 0 Å². The van der Waals surface area contributed by atoms with E-state index in [-0.39, 0.29) is 5.91 Å². The third kappa shape index (κ3) is 2.60. The van der Waals surface area contributed by atoms with Crippen LogP contribution in [0, 0.1) is 0 Å². The third-order valence-corrected chi connectivity index (χ3v) is 2.76. The molecule has 0 atom stereocenters. The largest absolute Gasteiger partial charge is 0.399 e. The number of nitrogens with zero attached hydrogens (tertiary/aromatic N) is 2. The smallest absolute Gasteiger partial charge is 0.259 e. The number of benzene rings is 1. The lowest BCUT2D eigenvalue weighted by Crippen LogP contribution is -2.27. The molecule has 2 rings (SSSR count). The average molecular weight is 262 g/mol. The van der Waals surface area contributed by atoms with E-state index in [0.717, 1.165) is 0 Å². The number of pyridine rings is 1. The molecule has 2 aromatic rings. The Balaban J connectivity index is 2.26. The van der Waals surface area contributed by atoms with E-state index in [4.69, 9.17) is 17.3 Å². The Bertz CT molecular complexity index is 569. The Morgan fingerprint density at radius 2 is 1.94 bits per heavy atom. The maximum atomic E-state index is 12.2. The molecule has 18 heavy (non-hydrogen) atoms. The highest BCUT2D eigenvalue weighted by molar-refractivity contribution is 6.30. The van der Waals surface area contributed by atoms with Gasteiger partial charge in [0.15, 0.2) is 0 Å². The standard InChI is InChI=1S/C13H12ClN3O/c1-17(12-8-11(15)6-7-16-12)13(18)9-2-4-10(14)5-3-9/h2-8H,1H3,(H2,15,16). The molecule has 1 aromatic heterocycles. The fourth-order valence-electron chi connectivity index (χ4n) is 1.51. The number of carbonyl (C=O) groups is 1. The van der Waals surface area contributed by atoms with Crippen molar-refractivity contribution >= 4 is 29.0 Å². The van der Waals surface area contributed by atoms with Gasteiger partial charge in [-0.1, -0.05) is 11.6 Å². The highest BCUT2D eigenvalue weighted by Gasteiger charge is 2.14. The minimum atomic E-state index is -0.162. The van der Waals surface area contributed by atoms with Crippen molar-refractivity contribution in [2.24, 2.45) is 0 Å². The molecule has 0 bridgehead atoms. The van der Waals surface area contributed by atoms with Crippen LogP contribution in [-0.2, 0) is 0 Å². The summed E-state index contributed by atoms with van der Waals surface area (Å²) in [6, 6.07) is 10.0. The van der Waals surface area contributed by atoms with E-state index in [2.05, 4.69) is 4.98 Å². The summed E-state index contributed by atoms with van der Waals surface area (Å²) in [5.41, 5.74) is 6.77. The SMILES string of the molecule is CN(C(=O)c1ccc(Cl)cc1)c1cc(N)ccn1. The number of nitrogen functional groups attached to an aromatic ring is 1. The van der Waals surface area contributed by atoms with Gasteiger partial charge in [0.2, 0.25) is 0 Å². The van der Waals surface area contributed by atoms with Gasteiger partial charge in [0.1, 0.15) is 5.82 Å². The van der Waals surface area contributed by atoms with E-state index < -0.39 is 0 Å². The maximum Gasteiger partial charge on any atom is 0.259 e. The van der Waals surface area contributed by atoms with Crippen molar-refractivity contribution in [1.29, 1.82) is 0 Å². The van der Waals surface area contributed by atoms with E-state index in [0.29, 0.717) is 22.1 Å². The highest BCUT2D eigenvalue weighted by atomic mass is 35.5. The van der Waals surface area contributed by atoms with E-state index in [1.165, 1.54) is 4.90 Å².